The van der Waals surface area contributed by atoms with E-state index < -0.39 is 6.04 Å². The molecule has 2 heterocycles. The van der Waals surface area contributed by atoms with E-state index in [4.69, 9.17) is 4.52 Å². The smallest absolute Gasteiger partial charge is 0.276 e. The highest BCUT2D eigenvalue weighted by Gasteiger charge is 2.36. The van der Waals surface area contributed by atoms with E-state index in [9.17, 15) is 14.0 Å². The van der Waals surface area contributed by atoms with Crippen LogP contribution in [-0.4, -0.2) is 41.0 Å². The number of amides is 2. The first-order valence-electron chi connectivity index (χ1n) is 10.6. The molecule has 3 rings (SSSR count). The molecule has 6 nitrogen and oxygen atoms in total. The van der Waals surface area contributed by atoms with Crippen LogP contribution in [0.2, 0.25) is 0 Å². The monoisotopic (exact) mass is 415 g/mol. The summed E-state index contributed by atoms with van der Waals surface area (Å²) in [7, 11) is 0. The van der Waals surface area contributed by atoms with Crippen molar-refractivity contribution < 1.29 is 18.5 Å². The van der Waals surface area contributed by atoms with Crippen LogP contribution in [0, 0.1) is 23.6 Å². The third-order valence-corrected chi connectivity index (χ3v) is 5.32. The van der Waals surface area contributed by atoms with Crippen LogP contribution in [0.1, 0.15) is 51.0 Å². The van der Waals surface area contributed by atoms with Gasteiger partial charge in [0, 0.05) is 24.7 Å². The molecule has 1 aliphatic rings. The highest BCUT2D eigenvalue weighted by molar-refractivity contribution is 5.97. The number of halogens is 1. The lowest BCUT2D eigenvalue weighted by atomic mass is 9.96. The first-order valence-corrected chi connectivity index (χ1v) is 10.6. The Morgan fingerprint density at radius 1 is 1.20 bits per heavy atom. The maximum absolute atomic E-state index is 13.4. The van der Waals surface area contributed by atoms with E-state index in [0.717, 1.165) is 6.42 Å². The molecule has 1 aromatic carbocycles. The summed E-state index contributed by atoms with van der Waals surface area (Å²) in [5.74, 6) is 0.495. The Morgan fingerprint density at radius 2 is 1.87 bits per heavy atom. The lowest BCUT2D eigenvalue weighted by molar-refractivity contribution is -0.125. The number of carbonyl (C=O) groups is 2. The van der Waals surface area contributed by atoms with Crippen molar-refractivity contribution >= 4 is 11.8 Å². The molecule has 1 saturated heterocycles. The fourth-order valence-electron chi connectivity index (χ4n) is 3.98. The summed E-state index contributed by atoms with van der Waals surface area (Å²) in [4.78, 5) is 27.8. The maximum atomic E-state index is 13.4. The minimum Gasteiger partial charge on any atom is -0.355 e. The van der Waals surface area contributed by atoms with Crippen molar-refractivity contribution in [1.29, 1.82) is 0 Å². The highest BCUT2D eigenvalue weighted by atomic mass is 19.1. The molecular weight excluding hydrogens is 385 g/mol. The van der Waals surface area contributed by atoms with Crippen molar-refractivity contribution in [3.05, 3.63) is 41.8 Å². The van der Waals surface area contributed by atoms with Gasteiger partial charge in [-0.2, -0.15) is 0 Å². The van der Waals surface area contributed by atoms with E-state index in [1.807, 2.05) is 13.8 Å². The van der Waals surface area contributed by atoms with Gasteiger partial charge in [-0.25, -0.2) is 4.39 Å². The van der Waals surface area contributed by atoms with E-state index in [2.05, 4.69) is 24.3 Å². The summed E-state index contributed by atoms with van der Waals surface area (Å²) in [6.07, 6.45) is 1.49. The molecule has 0 radical (unpaired) electrons. The second kappa shape index (κ2) is 9.41. The van der Waals surface area contributed by atoms with E-state index in [1.165, 1.54) is 12.1 Å². The predicted octanol–water partition coefficient (Wildman–Crippen LogP) is 4.13. The van der Waals surface area contributed by atoms with Gasteiger partial charge in [0.15, 0.2) is 11.5 Å². The zero-order chi connectivity index (χ0) is 21.8. The van der Waals surface area contributed by atoms with E-state index in [0.29, 0.717) is 36.8 Å². The second-order valence-corrected chi connectivity index (χ2v) is 8.93. The van der Waals surface area contributed by atoms with Gasteiger partial charge in [0.1, 0.15) is 11.9 Å². The van der Waals surface area contributed by atoms with Crippen LogP contribution >= 0.6 is 0 Å². The summed E-state index contributed by atoms with van der Waals surface area (Å²) in [5.41, 5.74) is 0.786. The highest BCUT2D eigenvalue weighted by Crippen LogP contribution is 2.25. The molecule has 30 heavy (non-hydrogen) atoms. The molecule has 1 aliphatic heterocycles. The molecule has 2 amide bonds. The Labute approximate surface area is 176 Å². The maximum Gasteiger partial charge on any atom is 0.276 e. The number of aromatic nitrogens is 1. The second-order valence-electron chi connectivity index (χ2n) is 8.93. The fourth-order valence-corrected chi connectivity index (χ4v) is 3.98. The minimum absolute atomic E-state index is 0.120. The van der Waals surface area contributed by atoms with Gasteiger partial charge < -0.3 is 14.7 Å². The Balaban J connectivity index is 1.88. The van der Waals surface area contributed by atoms with Gasteiger partial charge in [0.05, 0.1) is 0 Å². The number of nitrogens with zero attached hydrogens (tertiary/aromatic N) is 2. The first-order chi connectivity index (χ1) is 14.2. The number of rotatable bonds is 6. The Kier molecular flexibility index (Phi) is 6.90. The van der Waals surface area contributed by atoms with E-state index in [1.54, 1.807) is 23.1 Å². The summed E-state index contributed by atoms with van der Waals surface area (Å²) in [5, 5.41) is 6.97. The SMILES string of the molecule is CC(C)CC1CNC(=O)[C@H](CC(C)C)N(C(=O)c2cc(-c3ccc(F)cc3)on2)C1. The van der Waals surface area contributed by atoms with Crippen molar-refractivity contribution in [2.24, 2.45) is 17.8 Å². The Morgan fingerprint density at radius 3 is 2.50 bits per heavy atom. The average molecular weight is 416 g/mol. The van der Waals surface area contributed by atoms with Crippen molar-refractivity contribution in [2.75, 3.05) is 13.1 Å². The van der Waals surface area contributed by atoms with Crippen LogP contribution in [0.4, 0.5) is 4.39 Å². The molecule has 0 bridgehead atoms. The van der Waals surface area contributed by atoms with Gasteiger partial charge >= 0.3 is 0 Å². The van der Waals surface area contributed by atoms with Crippen molar-refractivity contribution in [3.63, 3.8) is 0 Å². The average Bonchev–Trinajstić information content (AvgIpc) is 3.12. The lowest BCUT2D eigenvalue weighted by Crippen LogP contribution is -2.48. The number of carbonyl (C=O) groups excluding carboxylic acids is 2. The zero-order valence-electron chi connectivity index (χ0n) is 18.0. The first kappa shape index (κ1) is 22.0. The van der Waals surface area contributed by atoms with Gasteiger partial charge in [-0.1, -0.05) is 32.9 Å². The van der Waals surface area contributed by atoms with Gasteiger partial charge in [-0.3, -0.25) is 9.59 Å². The number of benzene rings is 1. The summed E-state index contributed by atoms with van der Waals surface area (Å²) in [6, 6.07) is 6.82. The molecule has 7 heteroatoms. The molecule has 1 N–H and O–H groups in total. The largest absolute Gasteiger partial charge is 0.355 e. The number of nitrogens with one attached hydrogen (secondary N) is 1. The molecule has 2 atom stereocenters. The number of hydrogen-bond donors (Lipinski definition) is 1. The fraction of sp³-hybridized carbons (Fsp3) is 0.522. The van der Waals surface area contributed by atoms with Gasteiger partial charge in [-0.05, 0) is 54.9 Å². The Hall–Kier alpha value is -2.70. The summed E-state index contributed by atoms with van der Waals surface area (Å²) < 4.78 is 18.5. The lowest BCUT2D eigenvalue weighted by Gasteiger charge is -2.30. The van der Waals surface area contributed by atoms with Crippen LogP contribution in [0.25, 0.3) is 11.3 Å². The van der Waals surface area contributed by atoms with E-state index >= 15 is 0 Å². The molecule has 1 unspecified atom stereocenters. The summed E-state index contributed by atoms with van der Waals surface area (Å²) >= 11 is 0. The molecule has 1 fully saturated rings. The molecular formula is C23H30FN3O3. The quantitative estimate of drug-likeness (QED) is 0.770. The van der Waals surface area contributed by atoms with E-state index in [-0.39, 0.29) is 35.2 Å². The number of hydrogen-bond acceptors (Lipinski definition) is 4. The predicted molar refractivity (Wildman–Crippen MR) is 112 cm³/mol. The molecule has 0 spiro atoms. The van der Waals surface area contributed by atoms with Crippen LogP contribution in [0.5, 0.6) is 0 Å². The van der Waals surface area contributed by atoms with Crippen LogP contribution < -0.4 is 5.32 Å². The molecule has 0 aliphatic carbocycles. The van der Waals surface area contributed by atoms with Gasteiger partial charge in [-0.15, -0.1) is 0 Å². The van der Waals surface area contributed by atoms with Crippen LogP contribution in [0.15, 0.2) is 34.9 Å². The zero-order valence-corrected chi connectivity index (χ0v) is 18.0. The summed E-state index contributed by atoms with van der Waals surface area (Å²) in [6.45, 7) is 9.40. The van der Waals surface area contributed by atoms with Crippen molar-refractivity contribution in [3.8, 4) is 11.3 Å². The van der Waals surface area contributed by atoms with Crippen LogP contribution in [-0.2, 0) is 4.79 Å². The van der Waals surface area contributed by atoms with Gasteiger partial charge in [0.25, 0.3) is 5.91 Å². The normalized spacial score (nSPS) is 19.8. The third-order valence-electron chi connectivity index (χ3n) is 5.32. The van der Waals surface area contributed by atoms with Gasteiger partial charge in [0.2, 0.25) is 5.91 Å². The molecule has 1 aromatic heterocycles. The Bertz CT molecular complexity index is 876. The minimum atomic E-state index is -0.541. The standard InChI is InChI=1S/C23H30FN3O3/c1-14(2)9-16-12-25-22(28)20(10-15(3)4)27(13-16)23(29)19-11-21(30-26-19)17-5-7-18(24)8-6-17/h5-8,11,14-16,20H,9-10,12-13H2,1-4H3,(H,25,28)/t16?,20-/m0/s1. The van der Waals surface area contributed by atoms with Crippen LogP contribution in [0.3, 0.4) is 0 Å². The molecule has 0 saturated carbocycles. The molecule has 2 aromatic rings. The third kappa shape index (κ3) is 5.26. The topological polar surface area (TPSA) is 75.4 Å². The van der Waals surface area contributed by atoms with Crippen molar-refractivity contribution in [1.82, 2.24) is 15.4 Å². The van der Waals surface area contributed by atoms with Crippen molar-refractivity contribution in [2.45, 2.75) is 46.6 Å². The molecule has 162 valence electrons.